The number of halogens is 3. The molecule has 0 radical (unpaired) electrons. The van der Waals surface area contributed by atoms with E-state index < -0.39 is 29.3 Å². The molecule has 3 heterocycles. The average molecular weight is 594 g/mol. The second-order valence-corrected chi connectivity index (χ2v) is 13.5. The summed E-state index contributed by atoms with van der Waals surface area (Å²) in [7, 11) is 0. The van der Waals surface area contributed by atoms with Crippen LogP contribution in [0.4, 0.5) is 18.0 Å². The third-order valence-corrected chi connectivity index (χ3v) is 8.31. The molecule has 1 saturated heterocycles. The Kier molecular flexibility index (Phi) is 8.90. The van der Waals surface area contributed by atoms with Gasteiger partial charge in [-0.15, -0.1) is 11.3 Å². The van der Waals surface area contributed by atoms with Crippen molar-refractivity contribution in [2.45, 2.75) is 90.6 Å². The van der Waals surface area contributed by atoms with E-state index in [-0.39, 0.29) is 23.6 Å². The number of ether oxygens (including phenoxy) is 2. The van der Waals surface area contributed by atoms with Crippen LogP contribution in [0.15, 0.2) is 35.5 Å². The number of alkyl halides is 3. The van der Waals surface area contributed by atoms with E-state index in [4.69, 9.17) is 9.47 Å². The number of carbonyl (C=O) groups is 2. The molecule has 2 aromatic rings. The van der Waals surface area contributed by atoms with Crippen molar-refractivity contribution in [2.75, 3.05) is 19.7 Å². The van der Waals surface area contributed by atoms with Gasteiger partial charge in [-0.3, -0.25) is 4.79 Å². The highest BCUT2D eigenvalue weighted by Crippen LogP contribution is 2.34. The van der Waals surface area contributed by atoms with Gasteiger partial charge in [0.1, 0.15) is 5.60 Å². The first kappa shape index (κ1) is 31.0. The number of benzene rings is 1. The highest BCUT2D eigenvalue weighted by molar-refractivity contribution is 7.09. The zero-order chi connectivity index (χ0) is 30.2. The summed E-state index contributed by atoms with van der Waals surface area (Å²) in [6, 6.07) is 3.19. The summed E-state index contributed by atoms with van der Waals surface area (Å²) in [6.45, 7) is 13.2. The minimum Gasteiger partial charge on any atom is -0.444 e. The molecule has 2 aliphatic rings. The van der Waals surface area contributed by atoms with Crippen LogP contribution < -0.4 is 4.80 Å². The van der Waals surface area contributed by atoms with Crippen LogP contribution in [0.3, 0.4) is 0 Å². The van der Waals surface area contributed by atoms with Crippen LogP contribution in [0, 0.1) is 0 Å². The lowest BCUT2D eigenvalue weighted by Gasteiger charge is -2.30. The Balaban J connectivity index is 1.72. The fourth-order valence-corrected chi connectivity index (χ4v) is 5.74. The summed E-state index contributed by atoms with van der Waals surface area (Å²) in [5, 5.41) is 0. The smallest absolute Gasteiger partial charge is 0.416 e. The zero-order valence-corrected chi connectivity index (χ0v) is 25.2. The Labute approximate surface area is 242 Å². The molecule has 0 bridgehead atoms. The molecular weight excluding hydrogens is 555 g/mol. The first-order chi connectivity index (χ1) is 19.0. The highest BCUT2D eigenvalue weighted by atomic mass is 32.1. The Hall–Kier alpha value is -2.92. The quantitative estimate of drug-likeness (QED) is 0.391. The largest absolute Gasteiger partial charge is 0.444 e. The molecule has 4 rings (SSSR count). The molecule has 0 unspecified atom stereocenters. The summed E-state index contributed by atoms with van der Waals surface area (Å²) in [6.07, 6.45) is 0.842. The molecule has 2 amide bonds. The molecule has 224 valence electrons. The van der Waals surface area contributed by atoms with E-state index in [0.29, 0.717) is 42.1 Å². The third-order valence-electron chi connectivity index (χ3n) is 6.86. The van der Waals surface area contributed by atoms with Crippen LogP contribution >= 0.6 is 11.3 Å². The number of hydrogen-bond donors (Lipinski definition) is 0. The van der Waals surface area contributed by atoms with E-state index >= 15 is 0 Å². The maximum atomic E-state index is 13.7. The summed E-state index contributed by atoms with van der Waals surface area (Å²) in [5.41, 5.74) is -0.815. The van der Waals surface area contributed by atoms with Crippen molar-refractivity contribution >= 4 is 28.9 Å². The number of thiazole rings is 1. The van der Waals surface area contributed by atoms with Crippen molar-refractivity contribution < 1.29 is 32.2 Å². The van der Waals surface area contributed by atoms with Crippen molar-refractivity contribution in [2.24, 2.45) is 4.99 Å². The minimum atomic E-state index is -4.62. The van der Waals surface area contributed by atoms with Gasteiger partial charge in [0.05, 0.1) is 18.2 Å². The van der Waals surface area contributed by atoms with Gasteiger partial charge in [0.25, 0.3) is 5.91 Å². The molecule has 1 fully saturated rings. The second-order valence-electron chi connectivity index (χ2n) is 12.5. The predicted octanol–water partition coefficient (Wildman–Crippen LogP) is 6.81. The Morgan fingerprint density at radius 3 is 2.44 bits per heavy atom. The first-order valence-corrected chi connectivity index (χ1v) is 14.6. The maximum absolute atomic E-state index is 13.7. The van der Waals surface area contributed by atoms with Gasteiger partial charge in [0.2, 0.25) is 0 Å². The first-order valence-electron chi connectivity index (χ1n) is 13.8. The Morgan fingerprint density at radius 2 is 1.88 bits per heavy atom. The molecule has 0 saturated carbocycles. The SMILES string of the molecule is CC(C)(C)OC(=O)N1CC=C(c2ccc(C(F)(F)F)cc2C(=O)/N=c2\sc(C(C)(C)C)cn2C[C@H]2CCCO2)CC1. The highest BCUT2D eigenvalue weighted by Gasteiger charge is 2.33. The van der Waals surface area contributed by atoms with Crippen molar-refractivity contribution in [3.8, 4) is 0 Å². The topological polar surface area (TPSA) is 73.1 Å². The predicted molar refractivity (Wildman–Crippen MR) is 152 cm³/mol. The number of aromatic nitrogens is 1. The molecule has 2 aliphatic heterocycles. The van der Waals surface area contributed by atoms with Gasteiger partial charge in [-0.05, 0) is 68.7 Å². The zero-order valence-electron chi connectivity index (χ0n) is 24.4. The monoisotopic (exact) mass is 593 g/mol. The number of hydrogen-bond acceptors (Lipinski definition) is 5. The molecule has 1 aromatic heterocycles. The van der Waals surface area contributed by atoms with E-state index in [1.807, 2.05) is 10.8 Å². The van der Waals surface area contributed by atoms with Crippen LogP contribution in [0.5, 0.6) is 0 Å². The molecule has 11 heteroatoms. The van der Waals surface area contributed by atoms with Gasteiger partial charge in [-0.1, -0.05) is 32.9 Å². The Morgan fingerprint density at radius 1 is 1.15 bits per heavy atom. The van der Waals surface area contributed by atoms with Gasteiger partial charge in [0.15, 0.2) is 4.80 Å². The van der Waals surface area contributed by atoms with Gasteiger partial charge in [-0.2, -0.15) is 18.2 Å². The van der Waals surface area contributed by atoms with E-state index in [0.717, 1.165) is 29.9 Å². The lowest BCUT2D eigenvalue weighted by molar-refractivity contribution is -0.137. The molecule has 41 heavy (non-hydrogen) atoms. The van der Waals surface area contributed by atoms with Crippen LogP contribution in [0.1, 0.15) is 87.2 Å². The molecule has 0 aliphatic carbocycles. The van der Waals surface area contributed by atoms with Crippen molar-refractivity contribution in [1.82, 2.24) is 9.47 Å². The molecule has 0 N–H and O–H groups in total. The van der Waals surface area contributed by atoms with Gasteiger partial charge in [-0.25, -0.2) is 4.79 Å². The van der Waals surface area contributed by atoms with E-state index in [9.17, 15) is 22.8 Å². The molecule has 1 atom stereocenters. The van der Waals surface area contributed by atoms with Gasteiger partial charge < -0.3 is 18.9 Å². The summed E-state index contributed by atoms with van der Waals surface area (Å²) >= 11 is 1.36. The van der Waals surface area contributed by atoms with Crippen molar-refractivity contribution in [3.63, 3.8) is 0 Å². The fraction of sp³-hybridized carbons (Fsp3) is 0.567. The minimum absolute atomic E-state index is 0.00379. The van der Waals surface area contributed by atoms with E-state index in [1.54, 1.807) is 26.8 Å². The number of nitrogens with zero attached hydrogens (tertiary/aromatic N) is 3. The maximum Gasteiger partial charge on any atom is 0.416 e. The van der Waals surface area contributed by atoms with Crippen LogP contribution in [-0.2, 0) is 27.6 Å². The normalized spacial score (nSPS) is 19.0. The van der Waals surface area contributed by atoms with Crippen molar-refractivity contribution in [3.05, 3.63) is 56.8 Å². The third kappa shape index (κ3) is 7.88. The Bertz CT molecular complexity index is 1390. The van der Waals surface area contributed by atoms with Crippen LogP contribution in [0.25, 0.3) is 5.57 Å². The van der Waals surface area contributed by atoms with E-state index in [2.05, 4.69) is 25.8 Å². The lowest BCUT2D eigenvalue weighted by Crippen LogP contribution is -2.39. The van der Waals surface area contributed by atoms with Gasteiger partial charge >= 0.3 is 12.3 Å². The lowest BCUT2D eigenvalue weighted by atomic mass is 9.93. The number of carbonyl (C=O) groups excluding carboxylic acids is 2. The summed E-state index contributed by atoms with van der Waals surface area (Å²) in [5.74, 6) is -0.745. The molecule has 0 spiro atoms. The second kappa shape index (κ2) is 11.8. The van der Waals surface area contributed by atoms with Crippen molar-refractivity contribution in [1.29, 1.82) is 0 Å². The molecule has 1 aromatic carbocycles. The number of amides is 2. The summed E-state index contributed by atoms with van der Waals surface area (Å²) < 4.78 is 54.2. The average Bonchev–Trinajstić information content (AvgIpc) is 3.52. The fourth-order valence-electron chi connectivity index (χ4n) is 4.68. The van der Waals surface area contributed by atoms with E-state index in [1.165, 1.54) is 22.3 Å². The van der Waals surface area contributed by atoms with Crippen LogP contribution in [0.2, 0.25) is 0 Å². The summed E-state index contributed by atoms with van der Waals surface area (Å²) in [4.78, 5) is 33.5. The van der Waals surface area contributed by atoms with Gasteiger partial charge in [0, 0.05) is 36.3 Å². The number of rotatable bonds is 4. The molecular formula is C30H38F3N3O4S. The van der Waals surface area contributed by atoms with Crippen LogP contribution in [-0.4, -0.2) is 52.9 Å². The molecule has 7 nitrogen and oxygen atoms in total. The standard InChI is InChI=1S/C30H38F3N3O4S/c1-28(2,3)24-18-36(17-21-8-7-15-39-21)26(41-24)34-25(37)23-16-20(30(31,32)33)9-10-22(23)19-11-13-35(14-12-19)27(38)40-29(4,5)6/h9-11,16,18,21H,7-8,12-15,17H2,1-6H3/b34-26-/t21-/m1/s1.